The summed E-state index contributed by atoms with van der Waals surface area (Å²) in [6.07, 6.45) is 1.05. The third-order valence-electron chi connectivity index (χ3n) is 0.463. The predicted molar refractivity (Wildman–Crippen MR) is 60.2 cm³/mol. The average Bonchev–Trinajstić information content (AvgIpc) is 1.62. The van der Waals surface area contributed by atoms with E-state index < -0.39 is 16.7 Å². The molecule has 0 heterocycles. The van der Waals surface area contributed by atoms with Crippen LogP contribution >= 0.6 is 48.0 Å². The Hall–Kier alpha value is 0.310. The van der Waals surface area contributed by atoms with E-state index in [0.717, 1.165) is 6.08 Å². The Labute approximate surface area is 91.6 Å². The topological polar surface area (TPSA) is 107 Å². The van der Waals surface area contributed by atoms with E-state index in [1.165, 1.54) is 0 Å². The fourth-order valence-corrected chi connectivity index (χ4v) is 0.648. The molecule has 0 unspecified atom stereocenters. The van der Waals surface area contributed by atoms with E-state index in [4.69, 9.17) is 15.4 Å². The maximum atomic E-state index is 10.4. The minimum absolute atomic E-state index is 0. The summed E-state index contributed by atoms with van der Waals surface area (Å²) in [6, 6.07) is 0. The van der Waals surface area contributed by atoms with E-state index in [1.54, 1.807) is 0 Å². The molecule has 5 nitrogen and oxygen atoms in total. The van der Waals surface area contributed by atoms with E-state index in [1.807, 2.05) is 0 Å². The first-order chi connectivity index (χ1) is 3.95. The lowest BCUT2D eigenvalue weighted by Gasteiger charge is -2.24. The fourth-order valence-electron chi connectivity index (χ4n) is 0.216. The zero-order valence-corrected chi connectivity index (χ0v) is 9.32. The molecule has 0 aliphatic heterocycles. The minimum atomic E-state index is -2.41. The number of rotatable bonds is 2. The van der Waals surface area contributed by atoms with E-state index in [-0.39, 0.29) is 37.2 Å². The molecule has 0 bridgehead atoms. The second-order valence-corrected chi connectivity index (χ2v) is 3.16. The third-order valence-corrected chi connectivity index (χ3v) is 1.02. The van der Waals surface area contributed by atoms with Gasteiger partial charge in [-0.2, -0.15) is 0 Å². The number of carbonyl (C=O) groups excluding carboxylic acids is 1. The van der Waals surface area contributed by atoms with Gasteiger partial charge in [0.15, 0.2) is 0 Å². The first-order valence-electron chi connectivity index (χ1n) is 2.06. The van der Waals surface area contributed by atoms with Crippen molar-refractivity contribution in [2.75, 3.05) is 0 Å². The van der Waals surface area contributed by atoms with Gasteiger partial charge in [-0.25, -0.2) is 0 Å². The maximum Gasteiger partial charge on any atom is 0.254 e. The SMILES string of the molecule is C=CC(=O)NS(N)(N)N.Cl.Cl.Cl. The molecule has 0 saturated carbocycles. The maximum absolute atomic E-state index is 10.4. The highest BCUT2D eigenvalue weighted by atomic mass is 35.5. The van der Waals surface area contributed by atoms with Gasteiger partial charge in [0.05, 0.1) is 0 Å². The first kappa shape index (κ1) is 22.8. The third kappa shape index (κ3) is 16.7. The Morgan fingerprint density at radius 2 is 1.58 bits per heavy atom. The Bertz CT molecular complexity index is 138. The van der Waals surface area contributed by atoms with E-state index in [9.17, 15) is 4.79 Å². The van der Waals surface area contributed by atoms with Crippen molar-refractivity contribution in [2.45, 2.75) is 0 Å². The quantitative estimate of drug-likeness (QED) is 0.519. The Kier molecular flexibility index (Phi) is 17.9. The van der Waals surface area contributed by atoms with Gasteiger partial charge in [0.1, 0.15) is 0 Å². The molecular weight excluding hydrogens is 246 g/mol. The Morgan fingerprint density at radius 1 is 1.25 bits per heavy atom. The van der Waals surface area contributed by atoms with Gasteiger partial charge in [0.25, 0.3) is 5.91 Å². The van der Waals surface area contributed by atoms with Crippen molar-refractivity contribution in [3.05, 3.63) is 12.7 Å². The van der Waals surface area contributed by atoms with Crippen molar-refractivity contribution < 1.29 is 4.79 Å². The molecule has 7 N–H and O–H groups in total. The monoisotopic (exact) mass is 258 g/mol. The highest BCUT2D eigenvalue weighted by molar-refractivity contribution is 8.27. The zero-order chi connectivity index (χ0) is 7.49. The second kappa shape index (κ2) is 9.40. The van der Waals surface area contributed by atoms with Gasteiger partial charge < -0.3 is 0 Å². The summed E-state index contributed by atoms with van der Waals surface area (Å²) in [7, 11) is -2.41. The molecule has 0 spiro atoms. The summed E-state index contributed by atoms with van der Waals surface area (Å²) in [6.45, 7) is 3.18. The molecule has 9 heteroatoms. The smallest absolute Gasteiger partial charge is 0.254 e. The van der Waals surface area contributed by atoms with E-state index in [0.29, 0.717) is 0 Å². The van der Waals surface area contributed by atoms with Crippen molar-refractivity contribution in [1.82, 2.24) is 4.72 Å². The van der Waals surface area contributed by atoms with Crippen molar-refractivity contribution in [3.8, 4) is 0 Å². The van der Waals surface area contributed by atoms with Crippen LogP contribution in [0.5, 0.6) is 0 Å². The molecule has 12 heavy (non-hydrogen) atoms. The molecule has 0 saturated heterocycles. The van der Waals surface area contributed by atoms with Crippen molar-refractivity contribution in [1.29, 1.82) is 0 Å². The molecule has 1 amide bonds. The van der Waals surface area contributed by atoms with Crippen molar-refractivity contribution in [2.24, 2.45) is 15.4 Å². The van der Waals surface area contributed by atoms with Gasteiger partial charge in [0.2, 0.25) is 0 Å². The molecule has 0 aromatic carbocycles. The lowest BCUT2D eigenvalue weighted by atomic mass is 10.6. The van der Waals surface area contributed by atoms with Crippen LogP contribution < -0.4 is 20.1 Å². The molecular formula is C3H13Cl3N4OS. The number of hydrogen-bond donors (Lipinski definition) is 4. The van der Waals surface area contributed by atoms with Crippen molar-refractivity contribution in [3.63, 3.8) is 0 Å². The highest BCUT2D eigenvalue weighted by Crippen LogP contribution is 2.09. The number of nitrogens with two attached hydrogens (primary N) is 3. The number of carbonyl (C=O) groups is 1. The largest absolute Gasteiger partial charge is 0.280 e. The van der Waals surface area contributed by atoms with Crippen LogP contribution in [-0.4, -0.2) is 5.91 Å². The molecule has 0 aliphatic carbocycles. The molecule has 0 aliphatic rings. The van der Waals surface area contributed by atoms with Crippen LogP contribution in [0.1, 0.15) is 0 Å². The number of hydrogen-bond acceptors (Lipinski definition) is 4. The summed E-state index contributed by atoms with van der Waals surface area (Å²) in [5.74, 6) is -0.461. The fraction of sp³-hybridized carbons (Fsp3) is 0. The molecule has 0 atom stereocenters. The summed E-state index contributed by atoms with van der Waals surface area (Å²) in [4.78, 5) is 10.4. The molecule has 0 radical (unpaired) electrons. The van der Waals surface area contributed by atoms with Gasteiger partial charge in [-0.1, -0.05) is 6.58 Å². The minimum Gasteiger partial charge on any atom is -0.280 e. The molecule has 0 fully saturated rings. The Morgan fingerprint density at radius 3 is 1.67 bits per heavy atom. The van der Waals surface area contributed by atoms with Crippen LogP contribution in [0.15, 0.2) is 12.7 Å². The van der Waals surface area contributed by atoms with E-state index >= 15 is 0 Å². The Balaban J connectivity index is -0.000000107. The second-order valence-electron chi connectivity index (χ2n) is 1.43. The van der Waals surface area contributed by atoms with Crippen LogP contribution in [-0.2, 0) is 4.79 Å². The summed E-state index contributed by atoms with van der Waals surface area (Å²) < 4.78 is 2.13. The van der Waals surface area contributed by atoms with Gasteiger partial charge in [-0.15, -0.1) is 37.2 Å². The van der Waals surface area contributed by atoms with E-state index in [2.05, 4.69) is 11.3 Å². The summed E-state index contributed by atoms with van der Waals surface area (Å²) in [5.41, 5.74) is 0. The lowest BCUT2D eigenvalue weighted by molar-refractivity contribution is -0.114. The van der Waals surface area contributed by atoms with Gasteiger partial charge in [-0.05, 0) is 6.08 Å². The summed E-state index contributed by atoms with van der Waals surface area (Å²) >= 11 is 0. The molecule has 0 rings (SSSR count). The summed E-state index contributed by atoms with van der Waals surface area (Å²) in [5, 5.41) is 15.2. The standard InChI is InChI=1S/C3H10N4OS.3ClH/c1-2-3(8)7-9(4,5)6;;;/h2H,1,4-6H2,(H,7,8);3*1H. The zero-order valence-electron chi connectivity index (χ0n) is 6.06. The highest BCUT2D eigenvalue weighted by Gasteiger charge is 2.05. The lowest BCUT2D eigenvalue weighted by Crippen LogP contribution is -2.43. The van der Waals surface area contributed by atoms with Crippen LogP contribution in [0.4, 0.5) is 0 Å². The van der Waals surface area contributed by atoms with Crippen LogP contribution in [0.3, 0.4) is 0 Å². The number of halogens is 3. The average molecular weight is 260 g/mol. The van der Waals surface area contributed by atoms with Gasteiger partial charge in [-0.3, -0.25) is 24.9 Å². The molecule has 0 aromatic rings. The predicted octanol–water partition coefficient (Wildman–Crippen LogP) is -0.105. The van der Waals surface area contributed by atoms with Crippen LogP contribution in [0.2, 0.25) is 0 Å². The van der Waals surface area contributed by atoms with Crippen molar-refractivity contribution >= 4 is 53.9 Å². The van der Waals surface area contributed by atoms with Gasteiger partial charge >= 0.3 is 0 Å². The molecule has 78 valence electrons. The number of amides is 1. The van der Waals surface area contributed by atoms with Gasteiger partial charge in [0, 0.05) is 10.8 Å². The number of nitrogens with one attached hydrogen (secondary N) is 1. The first-order valence-corrected chi connectivity index (χ1v) is 3.88. The van der Waals surface area contributed by atoms with Crippen LogP contribution in [0, 0.1) is 0 Å². The normalized spacial score (nSPS) is 9.25. The molecule has 0 aromatic heterocycles. The van der Waals surface area contributed by atoms with Crippen LogP contribution in [0.25, 0.3) is 0 Å².